The maximum atomic E-state index is 10.9. The van der Waals surface area contributed by atoms with Gasteiger partial charge in [-0.05, 0) is 28.4 Å². The first-order valence-electron chi connectivity index (χ1n) is 3.32. The van der Waals surface area contributed by atoms with Crippen LogP contribution in [0.5, 0.6) is 0 Å². The zero-order valence-corrected chi connectivity index (χ0v) is 7.73. The molecule has 0 fully saturated rings. The van der Waals surface area contributed by atoms with Crippen LogP contribution < -0.4 is 11.3 Å². The van der Waals surface area contributed by atoms with E-state index in [4.69, 9.17) is 5.73 Å². The van der Waals surface area contributed by atoms with Crippen LogP contribution in [0.2, 0.25) is 0 Å². The van der Waals surface area contributed by atoms with E-state index in [0.717, 1.165) is 16.6 Å². The number of rotatable bonds is 1. The Morgan fingerprint density at radius 1 is 1.73 bits per heavy atom. The highest BCUT2D eigenvalue weighted by Gasteiger charge is 2.00. The molecule has 0 amide bonds. The monoisotopic (exact) mass is 216 g/mol. The predicted molar refractivity (Wildman–Crippen MR) is 48.6 cm³/mol. The summed E-state index contributed by atoms with van der Waals surface area (Å²) in [6.07, 6.45) is 0.788. The van der Waals surface area contributed by atoms with E-state index in [1.165, 1.54) is 0 Å². The minimum Gasteiger partial charge on any atom is -0.394 e. The van der Waals surface area contributed by atoms with E-state index in [1.54, 1.807) is 6.07 Å². The van der Waals surface area contributed by atoms with E-state index in [2.05, 4.69) is 20.9 Å². The van der Waals surface area contributed by atoms with Crippen molar-refractivity contribution in [2.24, 2.45) is 0 Å². The Morgan fingerprint density at radius 2 is 2.36 bits per heavy atom. The normalized spacial score (nSPS) is 10.0. The number of nitrogen functional groups attached to an aromatic ring is 1. The van der Waals surface area contributed by atoms with Gasteiger partial charge in [0.25, 0.3) is 5.56 Å². The number of pyridine rings is 1. The molecule has 0 aromatic carbocycles. The molecule has 11 heavy (non-hydrogen) atoms. The van der Waals surface area contributed by atoms with Crippen LogP contribution in [0.1, 0.15) is 12.6 Å². The summed E-state index contributed by atoms with van der Waals surface area (Å²) in [5.74, 6) is 0. The maximum absolute atomic E-state index is 10.9. The lowest BCUT2D eigenvalue weighted by atomic mass is 10.3. The van der Waals surface area contributed by atoms with E-state index in [9.17, 15) is 4.79 Å². The summed E-state index contributed by atoms with van der Waals surface area (Å²) >= 11 is 3.29. The average Bonchev–Trinajstić information content (AvgIpc) is 1.97. The average molecular weight is 217 g/mol. The minimum absolute atomic E-state index is 0.218. The molecular formula is C7H9BrN2O. The second-order valence-corrected chi connectivity index (χ2v) is 3.09. The molecule has 3 N–H and O–H groups in total. The Labute approximate surface area is 72.7 Å². The fraction of sp³-hybridized carbons (Fsp3) is 0.286. The summed E-state index contributed by atoms with van der Waals surface area (Å²) in [7, 11) is 0. The lowest BCUT2D eigenvalue weighted by molar-refractivity contribution is 1.00. The van der Waals surface area contributed by atoms with Gasteiger partial charge in [0.1, 0.15) is 0 Å². The Bertz CT molecular complexity index is 319. The minimum atomic E-state index is -0.218. The topological polar surface area (TPSA) is 58.9 Å². The van der Waals surface area contributed by atoms with Gasteiger partial charge < -0.3 is 10.7 Å². The molecule has 60 valence electrons. The number of hydrogen-bond donors (Lipinski definition) is 2. The number of nitrogens with one attached hydrogen (secondary N) is 1. The molecule has 0 saturated heterocycles. The number of halogens is 1. The van der Waals surface area contributed by atoms with Gasteiger partial charge in [0, 0.05) is 10.2 Å². The number of aryl methyl sites for hydroxylation is 1. The third-order valence-corrected chi connectivity index (χ3v) is 2.16. The zero-order chi connectivity index (χ0) is 8.43. The molecule has 0 aliphatic heterocycles. The van der Waals surface area contributed by atoms with Crippen LogP contribution in [-0.2, 0) is 6.42 Å². The molecule has 0 saturated carbocycles. The van der Waals surface area contributed by atoms with Crippen molar-refractivity contribution < 1.29 is 0 Å². The predicted octanol–water partition coefficient (Wildman–Crippen LogP) is 1.28. The van der Waals surface area contributed by atoms with Crippen molar-refractivity contribution in [1.82, 2.24) is 4.98 Å². The molecule has 4 heteroatoms. The number of aromatic nitrogens is 1. The van der Waals surface area contributed by atoms with Crippen molar-refractivity contribution in [1.29, 1.82) is 0 Å². The van der Waals surface area contributed by atoms with Crippen LogP contribution in [0, 0.1) is 0 Å². The summed E-state index contributed by atoms with van der Waals surface area (Å²) in [4.78, 5) is 13.6. The van der Waals surface area contributed by atoms with Crippen LogP contribution in [0.25, 0.3) is 0 Å². The van der Waals surface area contributed by atoms with E-state index in [-0.39, 0.29) is 11.2 Å². The fourth-order valence-electron chi connectivity index (χ4n) is 0.815. The van der Waals surface area contributed by atoms with E-state index in [1.807, 2.05) is 6.92 Å². The molecule has 1 aromatic heterocycles. The van der Waals surface area contributed by atoms with Crippen LogP contribution in [0.15, 0.2) is 15.3 Å². The van der Waals surface area contributed by atoms with Gasteiger partial charge in [-0.3, -0.25) is 4.79 Å². The van der Waals surface area contributed by atoms with Gasteiger partial charge >= 0.3 is 0 Å². The molecule has 0 atom stereocenters. The van der Waals surface area contributed by atoms with Crippen LogP contribution in [0.3, 0.4) is 0 Å². The summed E-state index contributed by atoms with van der Waals surface area (Å²) in [5, 5.41) is 0. The third kappa shape index (κ3) is 1.63. The van der Waals surface area contributed by atoms with Gasteiger partial charge in [0.2, 0.25) is 0 Å². The number of nitrogens with two attached hydrogens (primary N) is 1. The SMILES string of the molecule is CCc1[nH]c(=O)c(N)cc1Br. The fourth-order valence-corrected chi connectivity index (χ4v) is 1.44. The summed E-state index contributed by atoms with van der Waals surface area (Å²) in [6, 6.07) is 1.62. The highest BCUT2D eigenvalue weighted by Crippen LogP contribution is 2.14. The van der Waals surface area contributed by atoms with Crippen molar-refractivity contribution in [2.75, 3.05) is 5.73 Å². The summed E-state index contributed by atoms with van der Waals surface area (Å²) in [5.41, 5.74) is 6.28. The lowest BCUT2D eigenvalue weighted by Crippen LogP contribution is -2.13. The van der Waals surface area contributed by atoms with Crippen LogP contribution in [-0.4, -0.2) is 4.98 Å². The molecular weight excluding hydrogens is 208 g/mol. The van der Waals surface area contributed by atoms with Crippen molar-refractivity contribution in [3.05, 3.63) is 26.6 Å². The van der Waals surface area contributed by atoms with Gasteiger partial charge in [-0.25, -0.2) is 0 Å². The van der Waals surface area contributed by atoms with Gasteiger partial charge in [0.15, 0.2) is 0 Å². The molecule has 0 unspecified atom stereocenters. The molecule has 0 aliphatic carbocycles. The second-order valence-electron chi connectivity index (χ2n) is 2.23. The highest BCUT2D eigenvalue weighted by atomic mass is 79.9. The van der Waals surface area contributed by atoms with Crippen molar-refractivity contribution in [2.45, 2.75) is 13.3 Å². The van der Waals surface area contributed by atoms with E-state index < -0.39 is 0 Å². The Kier molecular flexibility index (Phi) is 2.34. The molecule has 3 nitrogen and oxygen atoms in total. The number of anilines is 1. The maximum Gasteiger partial charge on any atom is 0.271 e. The molecule has 0 spiro atoms. The quantitative estimate of drug-likeness (QED) is 0.744. The summed E-state index contributed by atoms with van der Waals surface area (Å²) < 4.78 is 0.858. The first-order chi connectivity index (χ1) is 5.15. The van der Waals surface area contributed by atoms with E-state index >= 15 is 0 Å². The third-order valence-electron chi connectivity index (χ3n) is 1.45. The standard InChI is InChI=1S/C7H9BrN2O/c1-2-6-4(8)3-5(9)7(11)10-6/h3H,2,9H2,1H3,(H,10,11). The first-order valence-corrected chi connectivity index (χ1v) is 4.11. The molecule has 1 rings (SSSR count). The Hall–Kier alpha value is -0.770. The van der Waals surface area contributed by atoms with Crippen molar-refractivity contribution >= 4 is 21.6 Å². The Balaban J connectivity index is 3.32. The highest BCUT2D eigenvalue weighted by molar-refractivity contribution is 9.10. The van der Waals surface area contributed by atoms with Crippen LogP contribution >= 0.6 is 15.9 Å². The summed E-state index contributed by atoms with van der Waals surface area (Å²) in [6.45, 7) is 1.96. The van der Waals surface area contributed by atoms with Gasteiger partial charge in [-0.2, -0.15) is 0 Å². The zero-order valence-electron chi connectivity index (χ0n) is 6.15. The van der Waals surface area contributed by atoms with Gasteiger partial charge in [-0.1, -0.05) is 6.92 Å². The van der Waals surface area contributed by atoms with Crippen molar-refractivity contribution in [3.8, 4) is 0 Å². The number of H-pyrrole nitrogens is 1. The van der Waals surface area contributed by atoms with Gasteiger partial charge in [-0.15, -0.1) is 0 Å². The largest absolute Gasteiger partial charge is 0.394 e. The molecule has 0 bridgehead atoms. The first kappa shape index (κ1) is 8.33. The Morgan fingerprint density at radius 3 is 2.91 bits per heavy atom. The number of hydrogen-bond acceptors (Lipinski definition) is 2. The van der Waals surface area contributed by atoms with E-state index in [0.29, 0.717) is 0 Å². The molecule has 1 aromatic rings. The molecule has 0 radical (unpaired) electrons. The number of aromatic amines is 1. The van der Waals surface area contributed by atoms with Gasteiger partial charge in [0.05, 0.1) is 5.69 Å². The lowest BCUT2D eigenvalue weighted by Gasteiger charge is -2.00. The van der Waals surface area contributed by atoms with Crippen molar-refractivity contribution in [3.63, 3.8) is 0 Å². The molecule has 1 heterocycles. The smallest absolute Gasteiger partial charge is 0.271 e. The molecule has 0 aliphatic rings. The van der Waals surface area contributed by atoms with Crippen LogP contribution in [0.4, 0.5) is 5.69 Å². The second kappa shape index (κ2) is 3.09.